The number of hydrogen-bond donors (Lipinski definition) is 3. The number of nitrogens with one attached hydrogen (secondary N) is 3. The lowest BCUT2D eigenvalue weighted by Gasteiger charge is -2.23. The Labute approximate surface area is 179 Å². The molecule has 0 spiro atoms. The summed E-state index contributed by atoms with van der Waals surface area (Å²) in [5.74, 6) is -0.217. The third kappa shape index (κ3) is 4.89. The number of rotatable bonds is 6. The molecule has 0 aliphatic rings. The number of hydrogen-bond acceptors (Lipinski definition) is 3. The molecule has 0 fully saturated rings. The van der Waals surface area contributed by atoms with E-state index >= 15 is 0 Å². The maximum Gasteiger partial charge on any atom is 0.253 e. The van der Waals surface area contributed by atoms with Crippen molar-refractivity contribution < 1.29 is 9.59 Å². The minimum Gasteiger partial charge on any atom is -0.345 e. The molecule has 3 rings (SSSR count). The third-order valence-corrected chi connectivity index (χ3v) is 5.14. The summed E-state index contributed by atoms with van der Waals surface area (Å²) < 4.78 is 0. The zero-order chi connectivity index (χ0) is 21.1. The molecule has 8 heteroatoms. The maximum absolute atomic E-state index is 12.9. The van der Waals surface area contributed by atoms with E-state index in [0.29, 0.717) is 10.8 Å². The Balaban J connectivity index is 1.72. The van der Waals surface area contributed by atoms with E-state index in [0.717, 1.165) is 11.0 Å². The average molecular weight is 433 g/mol. The van der Waals surface area contributed by atoms with Gasteiger partial charge in [-0.2, -0.15) is 0 Å². The number of imidazole rings is 1. The van der Waals surface area contributed by atoms with E-state index in [4.69, 9.17) is 23.2 Å². The topological polar surface area (TPSA) is 86.9 Å². The summed E-state index contributed by atoms with van der Waals surface area (Å²) in [5.41, 5.74) is 1.99. The molecule has 152 valence electrons. The van der Waals surface area contributed by atoms with E-state index in [-0.39, 0.29) is 28.5 Å². The minimum atomic E-state index is -0.735. The second-order valence-corrected chi connectivity index (χ2v) is 8.03. The molecule has 0 bridgehead atoms. The highest BCUT2D eigenvalue weighted by atomic mass is 35.5. The van der Waals surface area contributed by atoms with Crippen LogP contribution in [0.3, 0.4) is 0 Å². The maximum atomic E-state index is 12.9. The molecular formula is C21H22Cl2N4O2. The summed E-state index contributed by atoms with van der Waals surface area (Å²) in [6.45, 7) is 5.56. The van der Waals surface area contributed by atoms with E-state index in [2.05, 4.69) is 20.6 Å². The first-order valence-electron chi connectivity index (χ1n) is 9.27. The van der Waals surface area contributed by atoms with Crippen LogP contribution in [0.5, 0.6) is 0 Å². The molecule has 1 aromatic heterocycles. The third-order valence-electron chi connectivity index (χ3n) is 4.59. The number of benzene rings is 2. The lowest BCUT2D eigenvalue weighted by atomic mass is 10.0. The number of amides is 2. The van der Waals surface area contributed by atoms with Crippen LogP contribution in [-0.2, 0) is 4.79 Å². The number of carbonyl (C=O) groups excluding carboxylic acids is 2. The fraction of sp³-hybridized carbons (Fsp3) is 0.286. The molecule has 2 atom stereocenters. The second kappa shape index (κ2) is 8.84. The molecule has 0 saturated carbocycles. The van der Waals surface area contributed by atoms with Gasteiger partial charge in [0.1, 0.15) is 11.9 Å². The zero-order valence-electron chi connectivity index (χ0n) is 16.3. The van der Waals surface area contributed by atoms with Crippen LogP contribution in [0.2, 0.25) is 10.0 Å². The van der Waals surface area contributed by atoms with Gasteiger partial charge in [-0.15, -0.1) is 0 Å². The number of aromatic amines is 1. The Morgan fingerprint density at radius 3 is 2.41 bits per heavy atom. The Hall–Kier alpha value is -2.57. The number of H-pyrrole nitrogens is 1. The summed E-state index contributed by atoms with van der Waals surface area (Å²) in [6, 6.07) is 11.2. The van der Waals surface area contributed by atoms with Crippen LogP contribution >= 0.6 is 23.2 Å². The van der Waals surface area contributed by atoms with Crippen LogP contribution in [0.25, 0.3) is 11.0 Å². The summed E-state index contributed by atoms with van der Waals surface area (Å²) in [6.07, 6.45) is 0. The smallest absolute Gasteiger partial charge is 0.253 e. The van der Waals surface area contributed by atoms with E-state index < -0.39 is 11.9 Å². The molecule has 1 heterocycles. The summed E-state index contributed by atoms with van der Waals surface area (Å²) in [5, 5.41) is 6.35. The number of aromatic nitrogens is 2. The second-order valence-electron chi connectivity index (χ2n) is 7.19. The summed E-state index contributed by atoms with van der Waals surface area (Å²) in [4.78, 5) is 33.2. The lowest BCUT2D eigenvalue weighted by molar-refractivity contribution is -0.124. The van der Waals surface area contributed by atoms with Crippen molar-refractivity contribution in [3.63, 3.8) is 0 Å². The molecule has 2 unspecified atom stereocenters. The van der Waals surface area contributed by atoms with Crippen LogP contribution < -0.4 is 10.6 Å². The average Bonchev–Trinajstić information content (AvgIpc) is 3.10. The molecule has 3 aromatic rings. The Morgan fingerprint density at radius 1 is 1.03 bits per heavy atom. The van der Waals surface area contributed by atoms with Crippen LogP contribution in [0.15, 0.2) is 42.5 Å². The molecule has 3 N–H and O–H groups in total. The summed E-state index contributed by atoms with van der Waals surface area (Å²) >= 11 is 12.0. The van der Waals surface area contributed by atoms with Gasteiger partial charge < -0.3 is 15.6 Å². The molecule has 2 amide bonds. The molecule has 0 radical (unpaired) electrons. The van der Waals surface area contributed by atoms with Gasteiger partial charge in [0.2, 0.25) is 5.91 Å². The van der Waals surface area contributed by atoms with Gasteiger partial charge in [-0.25, -0.2) is 4.98 Å². The van der Waals surface area contributed by atoms with Crippen LogP contribution in [0.1, 0.15) is 43.0 Å². The highest BCUT2D eigenvalue weighted by molar-refractivity contribution is 6.36. The Bertz CT molecular complexity index is 1020. The Morgan fingerprint density at radius 2 is 1.76 bits per heavy atom. The molecule has 0 aliphatic heterocycles. The van der Waals surface area contributed by atoms with Crippen molar-refractivity contribution in [2.24, 2.45) is 5.92 Å². The number of halogens is 2. The quantitative estimate of drug-likeness (QED) is 0.535. The van der Waals surface area contributed by atoms with Gasteiger partial charge in [0.05, 0.1) is 27.7 Å². The SMILES string of the molecule is CC(NC(=O)C(NC(=O)c1ccc(Cl)cc1Cl)C(C)C)c1nc2ccccc2[nH]1. The highest BCUT2D eigenvalue weighted by Crippen LogP contribution is 2.21. The minimum absolute atomic E-state index is 0.132. The highest BCUT2D eigenvalue weighted by Gasteiger charge is 2.27. The fourth-order valence-electron chi connectivity index (χ4n) is 2.98. The van der Waals surface area contributed by atoms with Crippen molar-refractivity contribution in [3.05, 3.63) is 63.9 Å². The lowest BCUT2D eigenvalue weighted by Crippen LogP contribution is -2.50. The van der Waals surface area contributed by atoms with E-state index in [1.54, 1.807) is 6.07 Å². The largest absolute Gasteiger partial charge is 0.345 e. The molecule has 29 heavy (non-hydrogen) atoms. The van der Waals surface area contributed by atoms with Crippen LogP contribution in [0.4, 0.5) is 0 Å². The van der Waals surface area contributed by atoms with Gasteiger partial charge in [-0.3, -0.25) is 9.59 Å². The van der Waals surface area contributed by atoms with E-state index in [9.17, 15) is 9.59 Å². The van der Waals surface area contributed by atoms with E-state index in [1.165, 1.54) is 12.1 Å². The van der Waals surface area contributed by atoms with Gasteiger partial charge in [0, 0.05) is 5.02 Å². The predicted molar refractivity (Wildman–Crippen MR) is 115 cm³/mol. The first kappa shape index (κ1) is 21.1. The van der Waals surface area contributed by atoms with Gasteiger partial charge in [0.25, 0.3) is 5.91 Å². The van der Waals surface area contributed by atoms with E-state index in [1.807, 2.05) is 45.0 Å². The van der Waals surface area contributed by atoms with Crippen LogP contribution in [0, 0.1) is 5.92 Å². The first-order chi connectivity index (χ1) is 13.8. The molecule has 0 saturated heterocycles. The van der Waals surface area contributed by atoms with Crippen LogP contribution in [-0.4, -0.2) is 27.8 Å². The van der Waals surface area contributed by atoms with Crippen molar-refractivity contribution >= 4 is 46.0 Å². The van der Waals surface area contributed by atoms with Crippen molar-refractivity contribution in [1.82, 2.24) is 20.6 Å². The first-order valence-corrected chi connectivity index (χ1v) is 10.0. The van der Waals surface area contributed by atoms with Crippen molar-refractivity contribution in [2.75, 3.05) is 0 Å². The standard InChI is InChI=1S/C21H22Cl2N4O2/c1-11(2)18(27-20(28)14-9-8-13(22)10-15(14)23)21(29)24-12(3)19-25-16-6-4-5-7-17(16)26-19/h4-12,18H,1-3H3,(H,24,29)(H,25,26)(H,27,28). The molecule has 2 aromatic carbocycles. The predicted octanol–water partition coefficient (Wildman–Crippen LogP) is 4.50. The summed E-state index contributed by atoms with van der Waals surface area (Å²) in [7, 11) is 0. The molecule has 0 aliphatic carbocycles. The van der Waals surface area contributed by atoms with Gasteiger partial charge in [-0.05, 0) is 43.2 Å². The van der Waals surface area contributed by atoms with Crippen molar-refractivity contribution in [3.8, 4) is 0 Å². The number of fused-ring (bicyclic) bond motifs is 1. The Kier molecular flexibility index (Phi) is 6.45. The number of para-hydroxylation sites is 2. The fourth-order valence-corrected chi connectivity index (χ4v) is 3.47. The normalized spacial score (nSPS) is 13.3. The van der Waals surface area contributed by atoms with Crippen molar-refractivity contribution in [2.45, 2.75) is 32.9 Å². The van der Waals surface area contributed by atoms with Crippen molar-refractivity contribution in [1.29, 1.82) is 0 Å². The molecule has 6 nitrogen and oxygen atoms in total. The van der Waals surface area contributed by atoms with Gasteiger partial charge in [-0.1, -0.05) is 49.2 Å². The van der Waals surface area contributed by atoms with Gasteiger partial charge >= 0.3 is 0 Å². The zero-order valence-corrected chi connectivity index (χ0v) is 17.8. The number of carbonyl (C=O) groups is 2. The monoisotopic (exact) mass is 432 g/mol. The number of nitrogens with zero attached hydrogens (tertiary/aromatic N) is 1. The van der Waals surface area contributed by atoms with Gasteiger partial charge in [0.15, 0.2) is 0 Å². The molecular weight excluding hydrogens is 411 g/mol.